The number of aryl methyl sites for hydroxylation is 1. The lowest BCUT2D eigenvalue weighted by molar-refractivity contribution is -0.136. The van der Waals surface area contributed by atoms with Gasteiger partial charge < -0.3 is 5.11 Å². The second-order valence-corrected chi connectivity index (χ2v) is 6.95. The van der Waals surface area contributed by atoms with Gasteiger partial charge in [-0.1, -0.05) is 84.9 Å². The molecule has 0 aliphatic heterocycles. The second kappa shape index (κ2) is 7.79. The topological polar surface area (TPSA) is 61.7 Å². The van der Waals surface area contributed by atoms with E-state index in [4.69, 9.17) is 0 Å². The highest BCUT2D eigenvalue weighted by Gasteiger charge is 2.40. The number of nitrogens with zero attached hydrogens (tertiary/aromatic N) is 1. The summed E-state index contributed by atoms with van der Waals surface area (Å²) in [6.45, 7) is 0. The van der Waals surface area contributed by atoms with E-state index in [-0.39, 0.29) is 0 Å². The summed E-state index contributed by atoms with van der Waals surface area (Å²) in [5.74, 6) is -0.569. The number of carbonyl (C=O) groups excluding carboxylic acids is 1. The van der Waals surface area contributed by atoms with Crippen LogP contribution in [0.3, 0.4) is 0 Å². The van der Waals surface area contributed by atoms with Crippen LogP contribution >= 0.6 is 0 Å². The summed E-state index contributed by atoms with van der Waals surface area (Å²) >= 11 is 0. The zero-order valence-electron chi connectivity index (χ0n) is 15.5. The SMILES string of the molecule is O=C(N/N=C1/CCCc2ccccc21)C(O)(c1ccccc1)c1ccccc1. The van der Waals surface area contributed by atoms with Gasteiger partial charge in [0.05, 0.1) is 5.71 Å². The molecule has 4 heteroatoms. The molecule has 140 valence electrons. The first-order valence-electron chi connectivity index (χ1n) is 9.48. The van der Waals surface area contributed by atoms with E-state index in [2.05, 4.69) is 16.6 Å². The predicted octanol–water partition coefficient (Wildman–Crippen LogP) is 3.78. The number of hydrazone groups is 1. The van der Waals surface area contributed by atoms with Gasteiger partial charge in [-0.15, -0.1) is 0 Å². The molecule has 3 aromatic carbocycles. The standard InChI is InChI=1S/C24H22N2O2/c27-23(26-25-22-17-9-11-18-10-7-8-16-21(18)22)24(28,19-12-3-1-4-13-19)20-14-5-2-6-15-20/h1-8,10,12-16,28H,9,11,17H2,(H,26,27)/b25-22-. The molecule has 1 aliphatic carbocycles. The Bertz CT molecular complexity index is 958. The molecule has 0 radical (unpaired) electrons. The van der Waals surface area contributed by atoms with Gasteiger partial charge in [0.15, 0.2) is 5.60 Å². The van der Waals surface area contributed by atoms with Gasteiger partial charge >= 0.3 is 0 Å². The Hall–Kier alpha value is -3.24. The van der Waals surface area contributed by atoms with Crippen LogP contribution in [0, 0.1) is 0 Å². The predicted molar refractivity (Wildman–Crippen MR) is 110 cm³/mol. The lowest BCUT2D eigenvalue weighted by Gasteiger charge is -2.27. The Labute approximate surface area is 164 Å². The van der Waals surface area contributed by atoms with E-state index in [0.717, 1.165) is 30.5 Å². The number of nitrogens with one attached hydrogen (secondary N) is 1. The summed E-state index contributed by atoms with van der Waals surface area (Å²) in [4.78, 5) is 13.2. The van der Waals surface area contributed by atoms with Gasteiger partial charge in [-0.3, -0.25) is 4.79 Å². The number of amides is 1. The first-order chi connectivity index (χ1) is 13.7. The lowest BCUT2D eigenvalue weighted by Crippen LogP contribution is -2.44. The molecule has 3 aromatic rings. The molecule has 0 bridgehead atoms. The highest BCUT2D eigenvalue weighted by molar-refractivity contribution is 6.03. The van der Waals surface area contributed by atoms with Crippen LogP contribution < -0.4 is 5.43 Å². The molecule has 0 atom stereocenters. The number of benzene rings is 3. The van der Waals surface area contributed by atoms with Crippen LogP contribution in [0.2, 0.25) is 0 Å². The average Bonchev–Trinajstić information content (AvgIpc) is 2.78. The molecule has 0 heterocycles. The molecular weight excluding hydrogens is 348 g/mol. The Kier molecular flexibility index (Phi) is 5.04. The highest BCUT2D eigenvalue weighted by Crippen LogP contribution is 2.30. The van der Waals surface area contributed by atoms with Crippen molar-refractivity contribution in [3.63, 3.8) is 0 Å². The van der Waals surface area contributed by atoms with E-state index in [1.165, 1.54) is 5.56 Å². The smallest absolute Gasteiger partial charge is 0.281 e. The van der Waals surface area contributed by atoms with Crippen LogP contribution in [0.1, 0.15) is 35.1 Å². The number of hydrogen-bond donors (Lipinski definition) is 2. The fourth-order valence-electron chi connectivity index (χ4n) is 3.70. The van der Waals surface area contributed by atoms with Crippen LogP contribution in [0.25, 0.3) is 0 Å². The molecule has 0 aromatic heterocycles. The van der Waals surface area contributed by atoms with Gasteiger partial charge in [-0.25, -0.2) is 5.43 Å². The third kappa shape index (κ3) is 3.35. The Morgan fingerprint density at radius 3 is 2.04 bits per heavy atom. The summed E-state index contributed by atoms with van der Waals surface area (Å²) in [5.41, 5.74) is 4.97. The first kappa shape index (κ1) is 18.1. The van der Waals surface area contributed by atoms with Crippen LogP contribution in [-0.4, -0.2) is 16.7 Å². The molecule has 0 spiro atoms. The summed E-state index contributed by atoms with van der Waals surface area (Å²) in [5, 5.41) is 15.9. The first-order valence-corrected chi connectivity index (χ1v) is 9.48. The van der Waals surface area contributed by atoms with Crippen molar-refractivity contribution < 1.29 is 9.90 Å². The van der Waals surface area contributed by atoms with Crippen LogP contribution in [0.15, 0.2) is 90.0 Å². The molecular formula is C24H22N2O2. The van der Waals surface area contributed by atoms with Crippen molar-refractivity contribution in [2.45, 2.75) is 24.9 Å². The highest BCUT2D eigenvalue weighted by atomic mass is 16.3. The number of fused-ring (bicyclic) bond motifs is 1. The van der Waals surface area contributed by atoms with E-state index >= 15 is 0 Å². The summed E-state index contributed by atoms with van der Waals surface area (Å²) in [6, 6.07) is 26.0. The van der Waals surface area contributed by atoms with Crippen molar-refractivity contribution in [2.24, 2.45) is 5.10 Å². The van der Waals surface area contributed by atoms with Crippen molar-refractivity contribution >= 4 is 11.6 Å². The molecule has 0 saturated heterocycles. The van der Waals surface area contributed by atoms with E-state index in [9.17, 15) is 9.90 Å². The monoisotopic (exact) mass is 370 g/mol. The van der Waals surface area contributed by atoms with Crippen molar-refractivity contribution in [1.29, 1.82) is 0 Å². The van der Waals surface area contributed by atoms with Gasteiger partial charge in [0, 0.05) is 5.56 Å². The average molecular weight is 370 g/mol. The maximum absolute atomic E-state index is 13.2. The molecule has 28 heavy (non-hydrogen) atoms. The zero-order valence-corrected chi connectivity index (χ0v) is 15.5. The Morgan fingerprint density at radius 1 is 0.821 bits per heavy atom. The van der Waals surface area contributed by atoms with E-state index in [1.54, 1.807) is 48.5 Å². The number of carbonyl (C=O) groups is 1. The number of aliphatic hydroxyl groups is 1. The normalized spacial score (nSPS) is 15.1. The van der Waals surface area contributed by atoms with Crippen LogP contribution in [0.4, 0.5) is 0 Å². The molecule has 0 saturated carbocycles. The summed E-state index contributed by atoms with van der Waals surface area (Å²) in [7, 11) is 0. The molecule has 0 unspecified atom stereocenters. The third-order valence-electron chi connectivity index (χ3n) is 5.19. The van der Waals surface area contributed by atoms with Crippen LogP contribution in [0.5, 0.6) is 0 Å². The Morgan fingerprint density at radius 2 is 1.39 bits per heavy atom. The van der Waals surface area contributed by atoms with Crippen molar-refractivity contribution in [3.8, 4) is 0 Å². The van der Waals surface area contributed by atoms with Gasteiger partial charge in [0.25, 0.3) is 5.91 Å². The number of rotatable bonds is 4. The molecule has 4 nitrogen and oxygen atoms in total. The van der Waals surface area contributed by atoms with Crippen LogP contribution in [-0.2, 0) is 16.8 Å². The lowest BCUT2D eigenvalue weighted by atomic mass is 9.85. The molecule has 4 rings (SSSR count). The van der Waals surface area contributed by atoms with E-state index in [0.29, 0.717) is 11.1 Å². The minimum atomic E-state index is -1.82. The van der Waals surface area contributed by atoms with Gasteiger partial charge in [0.2, 0.25) is 0 Å². The van der Waals surface area contributed by atoms with E-state index in [1.807, 2.05) is 30.3 Å². The molecule has 1 amide bonds. The summed E-state index contributed by atoms with van der Waals surface area (Å²) < 4.78 is 0. The van der Waals surface area contributed by atoms with Crippen molar-refractivity contribution in [2.75, 3.05) is 0 Å². The molecule has 0 fully saturated rings. The van der Waals surface area contributed by atoms with Crippen molar-refractivity contribution in [3.05, 3.63) is 107 Å². The second-order valence-electron chi connectivity index (χ2n) is 6.95. The fourth-order valence-corrected chi connectivity index (χ4v) is 3.70. The fraction of sp³-hybridized carbons (Fsp3) is 0.167. The van der Waals surface area contributed by atoms with Crippen molar-refractivity contribution in [1.82, 2.24) is 5.43 Å². The van der Waals surface area contributed by atoms with Gasteiger partial charge in [0.1, 0.15) is 0 Å². The quantitative estimate of drug-likeness (QED) is 0.687. The zero-order chi connectivity index (χ0) is 19.4. The third-order valence-corrected chi connectivity index (χ3v) is 5.19. The molecule has 2 N–H and O–H groups in total. The maximum atomic E-state index is 13.2. The molecule has 1 aliphatic rings. The van der Waals surface area contributed by atoms with Gasteiger partial charge in [-0.05, 0) is 36.0 Å². The maximum Gasteiger partial charge on any atom is 0.281 e. The largest absolute Gasteiger partial charge is 0.372 e. The minimum Gasteiger partial charge on any atom is -0.372 e. The number of hydrogen-bond acceptors (Lipinski definition) is 3. The van der Waals surface area contributed by atoms with Gasteiger partial charge in [-0.2, -0.15) is 5.10 Å². The minimum absolute atomic E-state index is 0.503. The Balaban J connectivity index is 1.68. The summed E-state index contributed by atoms with van der Waals surface area (Å²) in [6.07, 6.45) is 2.81. The van der Waals surface area contributed by atoms with E-state index < -0.39 is 11.5 Å².